The average Bonchev–Trinajstić information content (AvgIpc) is 3.22. The van der Waals surface area contributed by atoms with Gasteiger partial charge in [0.05, 0.1) is 25.2 Å². The molecule has 342 valence electrons. The minimum atomic E-state index is -0.687. The molecule has 0 bridgehead atoms. The minimum Gasteiger partial charge on any atom is -0.287 e. The van der Waals surface area contributed by atoms with Crippen LogP contribution in [0.25, 0.3) is 6.08 Å². The van der Waals surface area contributed by atoms with Gasteiger partial charge in [-0.2, -0.15) is 10.5 Å². The monoisotopic (exact) mass is 930 g/mol. The van der Waals surface area contributed by atoms with Gasteiger partial charge in [-0.15, -0.1) is 0 Å². The second kappa shape index (κ2) is 23.6. The lowest BCUT2D eigenvalue weighted by molar-refractivity contribution is 0.101. The lowest BCUT2D eigenvalue weighted by Gasteiger charge is -2.18. The number of H-pyrrole nitrogens is 2. The van der Waals surface area contributed by atoms with Gasteiger partial charge in [-0.1, -0.05) is 83.4 Å². The van der Waals surface area contributed by atoms with Gasteiger partial charge in [-0.3, -0.25) is 38.3 Å². The number of rotatable bonds is 13. The maximum Gasteiger partial charge on any atom is 0.329 e. The first-order chi connectivity index (χ1) is 30.4. The Morgan fingerprint density at radius 2 is 1.14 bits per heavy atom. The average molecular weight is 932 g/mol. The summed E-state index contributed by atoms with van der Waals surface area (Å²) in [6, 6.07) is 21.1. The number of halogens is 2. The number of hydrogen-bond donors (Lipinski definition) is 2. The number of nitrogens with one attached hydrogen (secondary N) is 2. The molecular formula is C50H52Cl2N8O6. The van der Waals surface area contributed by atoms with E-state index in [0.717, 1.165) is 16.7 Å². The van der Waals surface area contributed by atoms with Crippen LogP contribution in [-0.2, 0) is 19.5 Å². The van der Waals surface area contributed by atoms with E-state index in [4.69, 9.17) is 33.7 Å². The molecule has 0 amide bonds. The minimum absolute atomic E-state index is 0. The number of ketones is 2. The molecule has 2 N–H and O–H groups in total. The number of carbonyl (C=O) groups excluding carboxylic acids is 2. The number of hydrogen-bond acceptors (Lipinski definition) is 10. The van der Waals surface area contributed by atoms with Crippen LogP contribution in [0.15, 0.2) is 98.3 Å². The molecule has 66 heavy (non-hydrogen) atoms. The van der Waals surface area contributed by atoms with E-state index in [1.807, 2.05) is 32.0 Å². The third-order valence-electron chi connectivity index (χ3n) is 9.96. The van der Waals surface area contributed by atoms with E-state index >= 15 is 0 Å². The summed E-state index contributed by atoms with van der Waals surface area (Å²) >= 11 is 12.0. The standard InChI is InChI=1S/C24H23ClN4O3.C24H21ClN4O3.2CH4/c2*1-14(2)20-21(22(30)18-10-15(3)9-16(11-18)5-4-7-26)29(24(32)28-23(20)31)13-17-6-8-27-19(25)12-17;;/h6,8-12,14H,4-5,13H2,1-3H3,(H,28,31,32);4-6,8-12,14H,13H2,1-3H3,(H,28,31,32);2*1H4/b;5-4+;;. The Morgan fingerprint density at radius 3 is 1.56 bits per heavy atom. The van der Waals surface area contributed by atoms with Crippen LogP contribution < -0.4 is 22.5 Å². The Kier molecular flexibility index (Phi) is 19.0. The Hall–Kier alpha value is -7.26. The van der Waals surface area contributed by atoms with Crippen LogP contribution in [0.1, 0.15) is 137 Å². The van der Waals surface area contributed by atoms with Crippen LogP contribution in [0.2, 0.25) is 10.3 Å². The molecule has 0 aliphatic rings. The number of nitrogens with zero attached hydrogens (tertiary/aromatic N) is 6. The quantitative estimate of drug-likeness (QED) is 0.0637. The van der Waals surface area contributed by atoms with E-state index in [-0.39, 0.29) is 72.6 Å². The molecule has 0 radical (unpaired) electrons. The normalized spacial score (nSPS) is 10.7. The Morgan fingerprint density at radius 1 is 0.682 bits per heavy atom. The van der Waals surface area contributed by atoms with Gasteiger partial charge in [0.25, 0.3) is 11.1 Å². The predicted molar refractivity (Wildman–Crippen MR) is 259 cm³/mol. The first kappa shape index (κ1) is 53.1. The maximum absolute atomic E-state index is 13.7. The zero-order valence-electron chi connectivity index (χ0n) is 36.0. The van der Waals surface area contributed by atoms with Crippen molar-refractivity contribution in [2.24, 2.45) is 0 Å². The summed E-state index contributed by atoms with van der Waals surface area (Å²) in [5, 5.41) is 18.2. The molecule has 6 aromatic rings. The van der Waals surface area contributed by atoms with Gasteiger partial charge in [-0.25, -0.2) is 19.6 Å². The molecule has 0 aliphatic carbocycles. The number of aromatic nitrogens is 6. The predicted octanol–water partition coefficient (Wildman–Crippen LogP) is 8.86. The summed E-state index contributed by atoms with van der Waals surface area (Å²) in [5.41, 5.74) is 3.22. The van der Waals surface area contributed by atoms with Crippen LogP contribution in [0.5, 0.6) is 0 Å². The molecule has 2 aromatic carbocycles. The fourth-order valence-electron chi connectivity index (χ4n) is 7.27. The highest BCUT2D eigenvalue weighted by Gasteiger charge is 2.27. The van der Waals surface area contributed by atoms with Crippen LogP contribution >= 0.6 is 23.2 Å². The maximum atomic E-state index is 13.7. The summed E-state index contributed by atoms with van der Waals surface area (Å²) in [4.78, 5) is 90.9. The van der Waals surface area contributed by atoms with Crippen molar-refractivity contribution < 1.29 is 9.59 Å². The smallest absolute Gasteiger partial charge is 0.287 e. The van der Waals surface area contributed by atoms with E-state index in [2.05, 4.69) is 26.0 Å². The number of pyridine rings is 2. The van der Waals surface area contributed by atoms with Crippen molar-refractivity contribution in [2.75, 3.05) is 0 Å². The first-order valence-electron chi connectivity index (χ1n) is 20.1. The molecule has 14 nitrogen and oxygen atoms in total. The van der Waals surface area contributed by atoms with Crippen LogP contribution in [0, 0.1) is 36.5 Å². The third-order valence-corrected chi connectivity index (χ3v) is 10.4. The lowest BCUT2D eigenvalue weighted by Crippen LogP contribution is -2.38. The molecule has 16 heteroatoms. The summed E-state index contributed by atoms with van der Waals surface area (Å²) in [6.45, 7) is 10.9. The van der Waals surface area contributed by atoms with Crippen molar-refractivity contribution in [1.29, 1.82) is 10.5 Å². The van der Waals surface area contributed by atoms with Crippen molar-refractivity contribution in [3.05, 3.63) is 198 Å². The molecule has 4 heterocycles. The van der Waals surface area contributed by atoms with Crippen molar-refractivity contribution in [3.8, 4) is 12.1 Å². The van der Waals surface area contributed by atoms with Crippen molar-refractivity contribution in [1.82, 2.24) is 29.1 Å². The van der Waals surface area contributed by atoms with Gasteiger partial charge in [0.1, 0.15) is 21.7 Å². The summed E-state index contributed by atoms with van der Waals surface area (Å²) < 4.78 is 2.54. The molecular weight excluding hydrogens is 880 g/mol. The summed E-state index contributed by atoms with van der Waals surface area (Å²) in [5.74, 6) is -1.48. The number of aromatic amines is 2. The second-order valence-electron chi connectivity index (χ2n) is 15.6. The zero-order chi connectivity index (χ0) is 46.8. The van der Waals surface area contributed by atoms with Crippen LogP contribution in [0.3, 0.4) is 0 Å². The third kappa shape index (κ3) is 12.9. The number of aryl methyl sites for hydroxylation is 3. The molecule has 0 fully saturated rings. The van der Waals surface area contributed by atoms with E-state index in [1.165, 1.54) is 27.6 Å². The van der Waals surface area contributed by atoms with Crippen molar-refractivity contribution in [3.63, 3.8) is 0 Å². The molecule has 4 aromatic heterocycles. The lowest BCUT2D eigenvalue weighted by atomic mass is 9.94. The fraction of sp³-hybridized carbons (Fsp3) is 0.280. The van der Waals surface area contributed by atoms with Gasteiger partial charge in [0, 0.05) is 47.1 Å². The fourth-order valence-corrected chi connectivity index (χ4v) is 7.66. The highest BCUT2D eigenvalue weighted by molar-refractivity contribution is 6.29. The Balaban J connectivity index is 0.000000340. The van der Waals surface area contributed by atoms with E-state index in [1.54, 1.807) is 82.3 Å². The number of nitriles is 2. The number of carbonyl (C=O) groups is 2. The molecule has 0 atom stereocenters. The summed E-state index contributed by atoms with van der Waals surface area (Å²) in [6.07, 6.45) is 6.77. The molecule has 0 unspecified atom stereocenters. The Labute approximate surface area is 392 Å². The van der Waals surface area contributed by atoms with Crippen LogP contribution in [0.4, 0.5) is 0 Å². The summed E-state index contributed by atoms with van der Waals surface area (Å²) in [7, 11) is 0. The number of benzene rings is 2. The largest absolute Gasteiger partial charge is 0.329 e. The zero-order valence-corrected chi connectivity index (χ0v) is 37.5. The van der Waals surface area contributed by atoms with Gasteiger partial charge in [0.2, 0.25) is 11.6 Å². The van der Waals surface area contributed by atoms with E-state index in [0.29, 0.717) is 40.7 Å². The molecule has 0 aliphatic heterocycles. The first-order valence-corrected chi connectivity index (χ1v) is 20.9. The van der Waals surface area contributed by atoms with E-state index < -0.39 is 34.1 Å². The van der Waals surface area contributed by atoms with Gasteiger partial charge >= 0.3 is 11.4 Å². The van der Waals surface area contributed by atoms with Crippen molar-refractivity contribution in [2.45, 2.75) is 94.2 Å². The van der Waals surface area contributed by atoms with E-state index in [9.17, 15) is 28.8 Å². The topological polar surface area (TPSA) is 217 Å². The molecule has 0 spiro atoms. The molecule has 0 saturated heterocycles. The highest BCUT2D eigenvalue weighted by Crippen LogP contribution is 2.24. The molecule has 0 saturated carbocycles. The van der Waals surface area contributed by atoms with Crippen LogP contribution in [-0.4, -0.2) is 40.6 Å². The number of allylic oxidation sites excluding steroid dienone is 1. The van der Waals surface area contributed by atoms with Gasteiger partial charge in [0.15, 0.2) is 0 Å². The van der Waals surface area contributed by atoms with Gasteiger partial charge in [-0.05, 0) is 115 Å². The van der Waals surface area contributed by atoms with Gasteiger partial charge < -0.3 is 0 Å². The SMILES string of the molecule is C.C.Cc1cc(/C=C/C#N)cc(C(=O)c2c(C(C)C)c(=O)[nH]c(=O)n2Cc2ccnc(Cl)c2)c1.Cc1cc(CCC#N)cc(C(=O)c2c(C(C)C)c(=O)[nH]c(=O)n2Cc2ccnc(Cl)c2)c1. The van der Waals surface area contributed by atoms with Crippen molar-refractivity contribution >= 4 is 40.8 Å². The molecule has 6 rings (SSSR count). The Bertz CT molecular complexity index is 3130. The second-order valence-corrected chi connectivity index (χ2v) is 16.4. The highest BCUT2D eigenvalue weighted by atomic mass is 35.5.